The zero-order valence-corrected chi connectivity index (χ0v) is 13.8. The standard InChI is InChI=1S/C16H15ClF2N4O2/c17-10-7-20-15(21-8-10)25-11-3-2-6-23(9-11)16(24)22-14-12(18)4-1-5-13(14)19/h1,4-5,7-8,11H,2-3,6,9H2,(H,22,24)/t11-/m1/s1. The van der Waals surface area contributed by atoms with Crippen molar-refractivity contribution < 1.29 is 18.3 Å². The number of carbonyl (C=O) groups is 1. The van der Waals surface area contributed by atoms with Gasteiger partial charge >= 0.3 is 12.0 Å². The van der Waals surface area contributed by atoms with Gasteiger partial charge in [0.1, 0.15) is 23.4 Å². The highest BCUT2D eigenvalue weighted by Crippen LogP contribution is 2.21. The van der Waals surface area contributed by atoms with E-state index in [0.717, 1.165) is 12.1 Å². The molecule has 1 aromatic carbocycles. The summed E-state index contributed by atoms with van der Waals surface area (Å²) in [6, 6.07) is 2.97. The summed E-state index contributed by atoms with van der Waals surface area (Å²) in [7, 11) is 0. The van der Waals surface area contributed by atoms with Gasteiger partial charge in [0.15, 0.2) is 0 Å². The number of aromatic nitrogens is 2. The van der Waals surface area contributed by atoms with Gasteiger partial charge in [-0.3, -0.25) is 0 Å². The van der Waals surface area contributed by atoms with Crippen molar-refractivity contribution in [3.05, 3.63) is 47.2 Å². The smallest absolute Gasteiger partial charge is 0.322 e. The van der Waals surface area contributed by atoms with Crippen LogP contribution in [0.1, 0.15) is 12.8 Å². The van der Waals surface area contributed by atoms with Crippen LogP contribution in [0.15, 0.2) is 30.6 Å². The van der Waals surface area contributed by atoms with Crippen LogP contribution in [-0.2, 0) is 0 Å². The number of carbonyl (C=O) groups excluding carboxylic acids is 1. The molecule has 1 aliphatic rings. The predicted molar refractivity (Wildman–Crippen MR) is 87.6 cm³/mol. The number of para-hydroxylation sites is 1. The minimum atomic E-state index is -0.826. The van der Waals surface area contributed by atoms with E-state index in [2.05, 4.69) is 15.3 Å². The number of likely N-dealkylation sites (tertiary alicyclic amines) is 1. The Balaban J connectivity index is 1.62. The molecule has 132 valence electrons. The zero-order valence-electron chi connectivity index (χ0n) is 13.1. The summed E-state index contributed by atoms with van der Waals surface area (Å²) >= 11 is 5.72. The molecule has 0 spiro atoms. The summed E-state index contributed by atoms with van der Waals surface area (Å²) in [6.07, 6.45) is 3.91. The van der Waals surface area contributed by atoms with E-state index in [4.69, 9.17) is 16.3 Å². The van der Waals surface area contributed by atoms with Crippen LogP contribution in [0.5, 0.6) is 6.01 Å². The average Bonchev–Trinajstić information content (AvgIpc) is 2.60. The molecule has 9 heteroatoms. The summed E-state index contributed by atoms with van der Waals surface area (Å²) in [6.45, 7) is 0.719. The second kappa shape index (κ2) is 7.60. The van der Waals surface area contributed by atoms with Gasteiger partial charge in [0.25, 0.3) is 0 Å². The van der Waals surface area contributed by atoms with Crippen LogP contribution in [0.2, 0.25) is 5.02 Å². The SMILES string of the molecule is O=C(Nc1c(F)cccc1F)N1CCC[C@@H](Oc2ncc(Cl)cn2)C1. The number of urea groups is 1. The van der Waals surface area contributed by atoms with Crippen molar-refractivity contribution in [1.82, 2.24) is 14.9 Å². The molecule has 0 saturated carbocycles. The molecule has 3 rings (SSSR count). The molecule has 1 fully saturated rings. The molecule has 0 aliphatic carbocycles. The van der Waals surface area contributed by atoms with Crippen LogP contribution >= 0.6 is 11.6 Å². The van der Waals surface area contributed by atoms with Gasteiger partial charge in [0, 0.05) is 6.54 Å². The van der Waals surface area contributed by atoms with Crippen LogP contribution < -0.4 is 10.1 Å². The van der Waals surface area contributed by atoms with Crippen molar-refractivity contribution >= 4 is 23.3 Å². The first-order valence-corrected chi connectivity index (χ1v) is 8.05. The van der Waals surface area contributed by atoms with Gasteiger partial charge in [-0.25, -0.2) is 23.5 Å². The van der Waals surface area contributed by atoms with Gasteiger partial charge in [-0.15, -0.1) is 0 Å². The Hall–Kier alpha value is -2.48. The van der Waals surface area contributed by atoms with Crippen LogP contribution in [0.3, 0.4) is 0 Å². The van der Waals surface area contributed by atoms with E-state index in [1.807, 2.05) is 0 Å². The number of ether oxygens (including phenoxy) is 1. The van der Waals surface area contributed by atoms with Crippen LogP contribution in [0.25, 0.3) is 0 Å². The van der Waals surface area contributed by atoms with Crippen molar-refractivity contribution in [2.45, 2.75) is 18.9 Å². The largest absolute Gasteiger partial charge is 0.458 e. The Bertz CT molecular complexity index is 740. The molecule has 0 radical (unpaired) electrons. The van der Waals surface area contributed by atoms with Crippen LogP contribution in [0, 0.1) is 11.6 Å². The third kappa shape index (κ3) is 4.33. The summed E-state index contributed by atoms with van der Waals surface area (Å²) in [5, 5.41) is 2.67. The number of rotatable bonds is 3. The van der Waals surface area contributed by atoms with Crippen molar-refractivity contribution in [3.8, 4) is 6.01 Å². The van der Waals surface area contributed by atoms with Gasteiger partial charge in [0.2, 0.25) is 0 Å². The predicted octanol–water partition coefficient (Wildman–Crippen LogP) is 3.48. The summed E-state index contributed by atoms with van der Waals surface area (Å²) in [4.78, 5) is 21.6. The molecule has 1 atom stereocenters. The maximum Gasteiger partial charge on any atom is 0.322 e. The first-order chi connectivity index (χ1) is 12.0. The van der Waals surface area contributed by atoms with E-state index in [9.17, 15) is 13.6 Å². The summed E-state index contributed by atoms with van der Waals surface area (Å²) in [5.41, 5.74) is -0.462. The first-order valence-electron chi connectivity index (χ1n) is 7.67. The number of nitrogens with one attached hydrogen (secondary N) is 1. The number of amides is 2. The zero-order chi connectivity index (χ0) is 17.8. The fourth-order valence-corrected chi connectivity index (χ4v) is 2.63. The Labute approximate surface area is 147 Å². The second-order valence-corrected chi connectivity index (χ2v) is 5.98. The lowest BCUT2D eigenvalue weighted by Crippen LogP contribution is -2.46. The van der Waals surface area contributed by atoms with E-state index >= 15 is 0 Å². The first kappa shape index (κ1) is 17.3. The number of halogens is 3. The number of nitrogens with zero attached hydrogens (tertiary/aromatic N) is 3. The quantitative estimate of drug-likeness (QED) is 0.900. The molecule has 2 heterocycles. The van der Waals surface area contributed by atoms with Gasteiger partial charge in [0.05, 0.1) is 24.0 Å². The second-order valence-electron chi connectivity index (χ2n) is 5.54. The molecule has 0 unspecified atom stereocenters. The van der Waals surface area contributed by atoms with Crippen LogP contribution in [-0.4, -0.2) is 40.1 Å². The Morgan fingerprint density at radius 1 is 1.28 bits per heavy atom. The third-order valence-electron chi connectivity index (χ3n) is 3.73. The third-order valence-corrected chi connectivity index (χ3v) is 3.92. The van der Waals surface area contributed by atoms with Gasteiger partial charge in [-0.2, -0.15) is 0 Å². The van der Waals surface area contributed by atoms with Gasteiger partial charge < -0.3 is 15.0 Å². The highest BCUT2D eigenvalue weighted by molar-refractivity contribution is 6.30. The summed E-state index contributed by atoms with van der Waals surface area (Å²) in [5.74, 6) is -1.65. The van der Waals surface area contributed by atoms with Crippen molar-refractivity contribution in [2.75, 3.05) is 18.4 Å². The van der Waals surface area contributed by atoms with E-state index < -0.39 is 23.4 Å². The van der Waals surface area contributed by atoms with Gasteiger partial charge in [-0.05, 0) is 25.0 Å². The maximum absolute atomic E-state index is 13.6. The fourth-order valence-electron chi connectivity index (χ4n) is 2.53. The topological polar surface area (TPSA) is 67.4 Å². The molecule has 1 N–H and O–H groups in total. The molecule has 6 nitrogen and oxygen atoms in total. The lowest BCUT2D eigenvalue weighted by atomic mass is 10.1. The number of anilines is 1. The number of hydrogen-bond donors (Lipinski definition) is 1. The lowest BCUT2D eigenvalue weighted by molar-refractivity contribution is 0.0982. The minimum Gasteiger partial charge on any atom is -0.458 e. The number of benzene rings is 1. The highest BCUT2D eigenvalue weighted by atomic mass is 35.5. The monoisotopic (exact) mass is 368 g/mol. The number of hydrogen-bond acceptors (Lipinski definition) is 4. The lowest BCUT2D eigenvalue weighted by Gasteiger charge is -2.32. The molecule has 25 heavy (non-hydrogen) atoms. The highest BCUT2D eigenvalue weighted by Gasteiger charge is 2.26. The Kier molecular flexibility index (Phi) is 5.28. The average molecular weight is 369 g/mol. The van der Waals surface area contributed by atoms with E-state index in [1.165, 1.54) is 23.4 Å². The number of piperidine rings is 1. The van der Waals surface area contributed by atoms with E-state index in [-0.39, 0.29) is 18.7 Å². The fraction of sp³-hybridized carbons (Fsp3) is 0.312. The van der Waals surface area contributed by atoms with Crippen molar-refractivity contribution in [3.63, 3.8) is 0 Å². The molecule has 2 aromatic rings. The Morgan fingerprint density at radius 3 is 2.64 bits per heavy atom. The minimum absolute atomic E-state index is 0.164. The molecule has 1 aliphatic heterocycles. The molecule has 1 saturated heterocycles. The van der Waals surface area contributed by atoms with E-state index in [0.29, 0.717) is 24.4 Å². The van der Waals surface area contributed by atoms with Crippen molar-refractivity contribution in [2.24, 2.45) is 0 Å². The van der Waals surface area contributed by atoms with Crippen molar-refractivity contribution in [1.29, 1.82) is 0 Å². The summed E-state index contributed by atoms with van der Waals surface area (Å²) < 4.78 is 32.9. The van der Waals surface area contributed by atoms with Gasteiger partial charge in [-0.1, -0.05) is 17.7 Å². The van der Waals surface area contributed by atoms with Crippen LogP contribution in [0.4, 0.5) is 19.3 Å². The maximum atomic E-state index is 13.6. The normalized spacial score (nSPS) is 17.2. The molecule has 0 bridgehead atoms. The molecule has 2 amide bonds. The molecular weight excluding hydrogens is 354 g/mol. The molecule has 1 aromatic heterocycles. The van der Waals surface area contributed by atoms with E-state index in [1.54, 1.807) is 0 Å². The Morgan fingerprint density at radius 2 is 1.96 bits per heavy atom. The molecular formula is C16H15ClF2N4O2.